The molecule has 7 heteroatoms. The van der Waals surface area contributed by atoms with Crippen LogP contribution in [0.3, 0.4) is 0 Å². The van der Waals surface area contributed by atoms with E-state index in [-0.39, 0.29) is 5.56 Å². The molecule has 0 spiro atoms. The van der Waals surface area contributed by atoms with E-state index >= 15 is 0 Å². The van der Waals surface area contributed by atoms with Crippen molar-refractivity contribution in [3.05, 3.63) is 59.4 Å². The average molecular weight is 390 g/mol. The molecule has 0 bridgehead atoms. The van der Waals surface area contributed by atoms with Crippen molar-refractivity contribution >= 4 is 21.6 Å². The second kappa shape index (κ2) is 8.19. The second-order valence-electron chi connectivity index (χ2n) is 6.61. The van der Waals surface area contributed by atoms with Gasteiger partial charge in [-0.25, -0.2) is 12.8 Å². The lowest BCUT2D eigenvalue weighted by atomic mass is 10.1. The van der Waals surface area contributed by atoms with E-state index in [1.807, 2.05) is 19.1 Å². The van der Waals surface area contributed by atoms with E-state index in [0.29, 0.717) is 18.8 Å². The number of amides is 1. The lowest BCUT2D eigenvalue weighted by molar-refractivity contribution is 0.102. The first-order chi connectivity index (χ1) is 12.9. The molecule has 1 heterocycles. The maximum atomic E-state index is 14.3. The zero-order valence-corrected chi connectivity index (χ0v) is 16.1. The molecule has 2 aromatic carbocycles. The molecule has 0 unspecified atom stereocenters. The standard InChI is InChI=1S/C20H23FN2O3S/c1-2-15-6-9-17(10-7-15)22-20(24)16-8-11-18(21)19(14-16)27(25,26)23-12-4-3-5-13-23/h6-11,14H,2-5,12-13H2,1H3,(H,22,24). The van der Waals surface area contributed by atoms with Crippen LogP contribution < -0.4 is 5.32 Å². The van der Waals surface area contributed by atoms with Gasteiger partial charge in [-0.1, -0.05) is 25.5 Å². The Hall–Kier alpha value is -2.25. The Labute approximate surface area is 159 Å². The Bertz CT molecular complexity index is 921. The molecule has 2 aromatic rings. The summed E-state index contributed by atoms with van der Waals surface area (Å²) >= 11 is 0. The van der Waals surface area contributed by atoms with Crippen LogP contribution in [0.4, 0.5) is 10.1 Å². The summed E-state index contributed by atoms with van der Waals surface area (Å²) in [5.74, 6) is -1.32. The van der Waals surface area contributed by atoms with Crippen molar-refractivity contribution < 1.29 is 17.6 Å². The highest BCUT2D eigenvalue weighted by atomic mass is 32.2. The van der Waals surface area contributed by atoms with Gasteiger partial charge in [-0.3, -0.25) is 4.79 Å². The molecule has 1 fully saturated rings. The summed E-state index contributed by atoms with van der Waals surface area (Å²) in [4.78, 5) is 12.0. The maximum absolute atomic E-state index is 14.3. The van der Waals surface area contributed by atoms with Gasteiger partial charge < -0.3 is 5.32 Å². The number of hydrogen-bond acceptors (Lipinski definition) is 3. The Morgan fingerprint density at radius 2 is 1.74 bits per heavy atom. The highest BCUT2D eigenvalue weighted by Crippen LogP contribution is 2.24. The summed E-state index contributed by atoms with van der Waals surface area (Å²) < 4.78 is 41.1. The number of anilines is 1. The number of hydrogen-bond donors (Lipinski definition) is 1. The molecule has 3 rings (SSSR count). The number of sulfonamides is 1. The zero-order valence-electron chi connectivity index (χ0n) is 15.2. The van der Waals surface area contributed by atoms with Crippen LogP contribution in [-0.4, -0.2) is 31.7 Å². The number of carbonyl (C=O) groups is 1. The quantitative estimate of drug-likeness (QED) is 0.844. The second-order valence-corrected chi connectivity index (χ2v) is 8.52. The van der Waals surface area contributed by atoms with Gasteiger partial charge in [0.25, 0.3) is 5.91 Å². The minimum absolute atomic E-state index is 0.103. The third kappa shape index (κ3) is 4.36. The number of piperidine rings is 1. The maximum Gasteiger partial charge on any atom is 0.255 e. The number of carbonyl (C=O) groups excluding carboxylic acids is 1. The lowest BCUT2D eigenvalue weighted by Gasteiger charge is -2.26. The van der Waals surface area contributed by atoms with Crippen molar-refractivity contribution in [1.82, 2.24) is 4.31 Å². The van der Waals surface area contributed by atoms with E-state index in [9.17, 15) is 17.6 Å². The summed E-state index contributed by atoms with van der Waals surface area (Å²) in [6, 6.07) is 10.8. The van der Waals surface area contributed by atoms with Crippen molar-refractivity contribution in [1.29, 1.82) is 0 Å². The van der Waals surface area contributed by atoms with Crippen molar-refractivity contribution in [2.75, 3.05) is 18.4 Å². The van der Waals surface area contributed by atoms with Gasteiger partial charge in [0.1, 0.15) is 10.7 Å². The van der Waals surface area contributed by atoms with E-state index in [1.165, 1.54) is 10.4 Å². The fraction of sp³-hybridized carbons (Fsp3) is 0.350. The fourth-order valence-electron chi connectivity index (χ4n) is 3.11. The van der Waals surface area contributed by atoms with Gasteiger partial charge in [-0.15, -0.1) is 0 Å². The van der Waals surface area contributed by atoms with Crippen LogP contribution in [0.25, 0.3) is 0 Å². The van der Waals surface area contributed by atoms with Crippen LogP contribution in [0.2, 0.25) is 0 Å². The van der Waals surface area contributed by atoms with Crippen LogP contribution in [0.5, 0.6) is 0 Å². The van der Waals surface area contributed by atoms with Crippen molar-refractivity contribution in [2.24, 2.45) is 0 Å². The first kappa shape index (κ1) is 19.5. The van der Waals surface area contributed by atoms with Gasteiger partial charge in [0, 0.05) is 24.3 Å². The van der Waals surface area contributed by atoms with E-state index < -0.39 is 26.6 Å². The first-order valence-corrected chi connectivity index (χ1v) is 10.6. The molecule has 144 valence electrons. The van der Waals surface area contributed by atoms with Gasteiger partial charge in [0.05, 0.1) is 0 Å². The fourth-order valence-corrected chi connectivity index (χ4v) is 4.72. The minimum Gasteiger partial charge on any atom is -0.322 e. The number of nitrogens with zero attached hydrogens (tertiary/aromatic N) is 1. The summed E-state index contributed by atoms with van der Waals surface area (Å²) in [5, 5.41) is 2.72. The molecule has 5 nitrogen and oxygen atoms in total. The molecule has 0 radical (unpaired) electrons. The molecule has 0 aromatic heterocycles. The summed E-state index contributed by atoms with van der Waals surface area (Å²) in [6.07, 6.45) is 3.38. The Morgan fingerprint density at radius 1 is 1.07 bits per heavy atom. The molecule has 0 saturated carbocycles. The first-order valence-electron chi connectivity index (χ1n) is 9.12. The van der Waals surface area contributed by atoms with E-state index in [4.69, 9.17) is 0 Å². The van der Waals surface area contributed by atoms with Crippen LogP contribution >= 0.6 is 0 Å². The van der Waals surface area contributed by atoms with Crippen LogP contribution in [0.15, 0.2) is 47.4 Å². The van der Waals surface area contributed by atoms with Gasteiger partial charge in [-0.2, -0.15) is 4.31 Å². The Morgan fingerprint density at radius 3 is 2.37 bits per heavy atom. The van der Waals surface area contributed by atoms with E-state index in [2.05, 4.69) is 5.32 Å². The molecular weight excluding hydrogens is 367 g/mol. The largest absolute Gasteiger partial charge is 0.322 e. The van der Waals surface area contributed by atoms with Gasteiger partial charge in [0.15, 0.2) is 0 Å². The predicted octanol–water partition coefficient (Wildman–Crippen LogP) is 3.82. The Kier molecular flexibility index (Phi) is 5.92. The summed E-state index contributed by atoms with van der Waals surface area (Å²) in [5.41, 5.74) is 1.85. The number of aryl methyl sites for hydroxylation is 1. The lowest BCUT2D eigenvalue weighted by Crippen LogP contribution is -2.36. The molecule has 0 atom stereocenters. The molecule has 0 aliphatic carbocycles. The Balaban J connectivity index is 1.84. The molecule has 1 N–H and O–H groups in total. The average Bonchev–Trinajstić information content (AvgIpc) is 2.69. The van der Waals surface area contributed by atoms with E-state index in [1.54, 1.807) is 12.1 Å². The monoisotopic (exact) mass is 390 g/mol. The number of benzene rings is 2. The molecule has 27 heavy (non-hydrogen) atoms. The zero-order chi connectivity index (χ0) is 19.4. The molecule has 1 amide bonds. The summed E-state index contributed by atoms with van der Waals surface area (Å²) in [7, 11) is -3.95. The third-order valence-electron chi connectivity index (χ3n) is 4.75. The van der Waals surface area contributed by atoms with Crippen molar-refractivity contribution in [3.8, 4) is 0 Å². The van der Waals surface area contributed by atoms with Gasteiger partial charge in [-0.05, 0) is 55.2 Å². The number of nitrogens with one attached hydrogen (secondary N) is 1. The van der Waals surface area contributed by atoms with Gasteiger partial charge in [0.2, 0.25) is 10.0 Å². The van der Waals surface area contributed by atoms with Crippen molar-refractivity contribution in [2.45, 2.75) is 37.5 Å². The normalized spacial score (nSPS) is 15.5. The topological polar surface area (TPSA) is 66.5 Å². The van der Waals surface area contributed by atoms with E-state index in [0.717, 1.165) is 43.4 Å². The highest BCUT2D eigenvalue weighted by Gasteiger charge is 2.29. The van der Waals surface area contributed by atoms with Crippen LogP contribution in [0, 0.1) is 5.82 Å². The predicted molar refractivity (Wildman–Crippen MR) is 103 cm³/mol. The van der Waals surface area contributed by atoms with Gasteiger partial charge >= 0.3 is 0 Å². The third-order valence-corrected chi connectivity index (χ3v) is 6.66. The smallest absolute Gasteiger partial charge is 0.255 e. The van der Waals surface area contributed by atoms with Crippen molar-refractivity contribution in [3.63, 3.8) is 0 Å². The number of rotatable bonds is 5. The highest BCUT2D eigenvalue weighted by molar-refractivity contribution is 7.89. The molecule has 1 saturated heterocycles. The SMILES string of the molecule is CCc1ccc(NC(=O)c2ccc(F)c(S(=O)(=O)N3CCCCC3)c2)cc1. The molecular formula is C20H23FN2O3S. The van der Waals surface area contributed by atoms with Crippen LogP contribution in [-0.2, 0) is 16.4 Å². The number of halogens is 1. The molecule has 1 aliphatic rings. The van der Waals surface area contributed by atoms with Crippen LogP contribution in [0.1, 0.15) is 42.1 Å². The minimum atomic E-state index is -3.95. The molecule has 1 aliphatic heterocycles. The summed E-state index contributed by atoms with van der Waals surface area (Å²) in [6.45, 7) is 2.79.